The number of aromatic nitrogens is 2. The van der Waals surface area contributed by atoms with Crippen LogP contribution in [-0.2, 0) is 7.05 Å². The normalized spacial score (nSPS) is 10.3. The summed E-state index contributed by atoms with van der Waals surface area (Å²) < 4.78 is 3.09. The summed E-state index contributed by atoms with van der Waals surface area (Å²) in [6, 6.07) is 10.3. The molecule has 66 valence electrons. The maximum absolute atomic E-state index is 4.24. The van der Waals surface area contributed by atoms with Crippen molar-refractivity contribution in [2.45, 2.75) is 0 Å². The van der Waals surface area contributed by atoms with E-state index in [1.807, 2.05) is 31.4 Å². The molecule has 1 aromatic heterocycles. The highest BCUT2D eigenvalue weighted by Crippen LogP contribution is 2.19. The van der Waals surface area contributed by atoms with E-state index in [2.05, 4.69) is 44.3 Å². The molecule has 1 heterocycles. The van der Waals surface area contributed by atoms with Crippen molar-refractivity contribution < 1.29 is 0 Å². The number of halogens is 1. The zero-order valence-corrected chi connectivity index (χ0v) is 9.39. The Labute approximate surface area is 90.8 Å². The van der Waals surface area contributed by atoms with Gasteiger partial charge in [-0.25, -0.2) is 4.98 Å². The van der Waals surface area contributed by atoms with Gasteiger partial charge in [0.25, 0.3) is 0 Å². The second kappa shape index (κ2) is 3.49. The largest absolute Gasteiger partial charge is 0.323 e. The Morgan fingerprint density at radius 3 is 2.46 bits per heavy atom. The lowest BCUT2D eigenvalue weighted by Crippen LogP contribution is -1.93. The zero-order valence-electron chi connectivity index (χ0n) is 7.24. The maximum Gasteiger partial charge on any atom is 0.171 e. The molecular formula is C10H9IN2. The van der Waals surface area contributed by atoms with E-state index in [9.17, 15) is 0 Å². The molecule has 0 unspecified atom stereocenters. The van der Waals surface area contributed by atoms with Gasteiger partial charge in [0.15, 0.2) is 3.83 Å². The highest BCUT2D eigenvalue weighted by atomic mass is 127. The molecule has 0 spiro atoms. The summed E-state index contributed by atoms with van der Waals surface area (Å²) in [5.41, 5.74) is 2.37. The molecule has 0 saturated carbocycles. The van der Waals surface area contributed by atoms with E-state index in [0.717, 1.165) is 9.53 Å². The highest BCUT2D eigenvalue weighted by molar-refractivity contribution is 14.1. The molecule has 2 aromatic rings. The lowest BCUT2D eigenvalue weighted by molar-refractivity contribution is 0.885. The minimum Gasteiger partial charge on any atom is -0.323 e. The van der Waals surface area contributed by atoms with Crippen molar-refractivity contribution in [3.63, 3.8) is 0 Å². The fourth-order valence-electron chi connectivity index (χ4n) is 1.26. The second-order valence-electron chi connectivity index (χ2n) is 2.84. The smallest absolute Gasteiger partial charge is 0.171 e. The zero-order chi connectivity index (χ0) is 9.26. The van der Waals surface area contributed by atoms with Crippen LogP contribution in [0.15, 0.2) is 36.5 Å². The second-order valence-corrected chi connectivity index (χ2v) is 3.80. The summed E-state index contributed by atoms with van der Waals surface area (Å²) in [6.07, 6.45) is 1.90. The fraction of sp³-hybridized carbons (Fsp3) is 0.100. The first-order valence-electron chi connectivity index (χ1n) is 4.01. The van der Waals surface area contributed by atoms with Crippen LogP contribution in [0.3, 0.4) is 0 Å². The molecule has 13 heavy (non-hydrogen) atoms. The third-order valence-corrected chi connectivity index (χ3v) is 3.00. The molecule has 0 bridgehead atoms. The Morgan fingerprint density at radius 2 is 1.92 bits per heavy atom. The SMILES string of the molecule is Cn1c(-c2ccccc2)cnc1I. The van der Waals surface area contributed by atoms with Gasteiger partial charge in [-0.15, -0.1) is 0 Å². The highest BCUT2D eigenvalue weighted by Gasteiger charge is 2.04. The Morgan fingerprint density at radius 1 is 1.23 bits per heavy atom. The van der Waals surface area contributed by atoms with E-state index in [1.54, 1.807) is 0 Å². The molecule has 0 aliphatic heterocycles. The molecule has 0 aliphatic carbocycles. The minimum absolute atomic E-state index is 1.01. The van der Waals surface area contributed by atoms with Gasteiger partial charge in [-0.05, 0) is 28.2 Å². The van der Waals surface area contributed by atoms with Crippen LogP contribution in [0.2, 0.25) is 0 Å². The first kappa shape index (κ1) is 8.74. The minimum atomic E-state index is 1.01. The third-order valence-electron chi connectivity index (χ3n) is 2.00. The van der Waals surface area contributed by atoms with Gasteiger partial charge >= 0.3 is 0 Å². The van der Waals surface area contributed by atoms with E-state index in [-0.39, 0.29) is 0 Å². The summed E-state index contributed by atoms with van der Waals surface area (Å²) in [5.74, 6) is 0. The Kier molecular flexibility index (Phi) is 2.35. The summed E-state index contributed by atoms with van der Waals surface area (Å²) in [5, 5.41) is 0. The average molecular weight is 284 g/mol. The Bertz CT molecular complexity index is 406. The van der Waals surface area contributed by atoms with Crippen molar-refractivity contribution in [3.8, 4) is 11.3 Å². The Balaban J connectivity index is 2.53. The summed E-state index contributed by atoms with van der Waals surface area (Å²) >= 11 is 2.22. The predicted molar refractivity (Wildman–Crippen MR) is 61.4 cm³/mol. The summed E-state index contributed by atoms with van der Waals surface area (Å²) in [4.78, 5) is 4.24. The number of hydrogen-bond acceptors (Lipinski definition) is 1. The van der Waals surface area contributed by atoms with Gasteiger partial charge in [-0.3, -0.25) is 0 Å². The fourth-order valence-corrected chi connectivity index (χ4v) is 1.66. The van der Waals surface area contributed by atoms with Crippen LogP contribution in [-0.4, -0.2) is 9.55 Å². The van der Waals surface area contributed by atoms with E-state index >= 15 is 0 Å². The van der Waals surface area contributed by atoms with Crippen molar-refractivity contribution in [3.05, 3.63) is 40.4 Å². The molecule has 0 atom stereocenters. The number of hydrogen-bond donors (Lipinski definition) is 0. The molecule has 0 amide bonds. The first-order valence-corrected chi connectivity index (χ1v) is 5.09. The molecule has 3 heteroatoms. The van der Waals surface area contributed by atoms with Crippen LogP contribution in [0.25, 0.3) is 11.3 Å². The lowest BCUT2D eigenvalue weighted by Gasteiger charge is -2.01. The van der Waals surface area contributed by atoms with Crippen LogP contribution in [0.5, 0.6) is 0 Å². The van der Waals surface area contributed by atoms with Gasteiger partial charge in [-0.1, -0.05) is 30.3 Å². The van der Waals surface area contributed by atoms with Gasteiger partial charge in [-0.2, -0.15) is 0 Å². The number of rotatable bonds is 1. The van der Waals surface area contributed by atoms with Gasteiger partial charge in [0.2, 0.25) is 0 Å². The predicted octanol–water partition coefficient (Wildman–Crippen LogP) is 2.69. The van der Waals surface area contributed by atoms with E-state index < -0.39 is 0 Å². The van der Waals surface area contributed by atoms with Crippen LogP contribution < -0.4 is 0 Å². The number of imidazole rings is 1. The average Bonchev–Trinajstić information content (AvgIpc) is 2.49. The van der Waals surface area contributed by atoms with Gasteiger partial charge in [0, 0.05) is 7.05 Å². The molecule has 2 rings (SSSR count). The summed E-state index contributed by atoms with van der Waals surface area (Å²) in [7, 11) is 2.02. The molecule has 0 radical (unpaired) electrons. The van der Waals surface area contributed by atoms with Gasteiger partial charge < -0.3 is 4.57 Å². The molecular weight excluding hydrogens is 275 g/mol. The van der Waals surface area contributed by atoms with Crippen LogP contribution >= 0.6 is 22.6 Å². The van der Waals surface area contributed by atoms with Crippen LogP contribution in [0.1, 0.15) is 0 Å². The molecule has 0 aliphatic rings. The molecule has 0 saturated heterocycles. The quantitative estimate of drug-likeness (QED) is 0.736. The van der Waals surface area contributed by atoms with E-state index in [1.165, 1.54) is 5.56 Å². The van der Waals surface area contributed by atoms with E-state index in [0.29, 0.717) is 0 Å². The lowest BCUT2D eigenvalue weighted by atomic mass is 10.2. The van der Waals surface area contributed by atoms with Crippen molar-refractivity contribution >= 4 is 22.6 Å². The maximum atomic E-state index is 4.24. The standard InChI is InChI=1S/C10H9IN2/c1-13-9(7-12-10(13)11)8-5-3-2-4-6-8/h2-7H,1H3. The molecule has 2 nitrogen and oxygen atoms in total. The van der Waals surface area contributed by atoms with Gasteiger partial charge in [0.05, 0.1) is 11.9 Å². The third kappa shape index (κ3) is 1.60. The first-order chi connectivity index (χ1) is 6.29. The van der Waals surface area contributed by atoms with Gasteiger partial charge in [0.1, 0.15) is 0 Å². The van der Waals surface area contributed by atoms with Crippen LogP contribution in [0, 0.1) is 3.83 Å². The monoisotopic (exact) mass is 284 g/mol. The van der Waals surface area contributed by atoms with Crippen molar-refractivity contribution in [2.24, 2.45) is 7.05 Å². The van der Waals surface area contributed by atoms with Crippen LogP contribution in [0.4, 0.5) is 0 Å². The van der Waals surface area contributed by atoms with Crippen molar-refractivity contribution in [1.82, 2.24) is 9.55 Å². The van der Waals surface area contributed by atoms with Crippen molar-refractivity contribution in [2.75, 3.05) is 0 Å². The molecule has 1 aromatic carbocycles. The van der Waals surface area contributed by atoms with E-state index in [4.69, 9.17) is 0 Å². The molecule has 0 N–H and O–H groups in total. The Hall–Kier alpha value is -0.840. The topological polar surface area (TPSA) is 17.8 Å². The summed E-state index contributed by atoms with van der Waals surface area (Å²) in [6.45, 7) is 0. The molecule has 0 fully saturated rings. The number of nitrogens with zero attached hydrogens (tertiary/aromatic N) is 2. The van der Waals surface area contributed by atoms with Crippen molar-refractivity contribution in [1.29, 1.82) is 0 Å². The number of benzene rings is 1.